The molecule has 0 N–H and O–H groups in total. The lowest BCUT2D eigenvalue weighted by Crippen LogP contribution is -2.08. The van der Waals surface area contributed by atoms with Gasteiger partial charge in [0.1, 0.15) is 11.2 Å². The Hall–Kier alpha value is -1.10. The number of aromatic nitrogens is 1. The first kappa shape index (κ1) is 11.0. The van der Waals surface area contributed by atoms with Crippen LogP contribution in [0.25, 0.3) is 0 Å². The summed E-state index contributed by atoms with van der Waals surface area (Å²) in [6.45, 7) is 0.274. The molecule has 1 rings (SSSR count). The van der Waals surface area contributed by atoms with Crippen LogP contribution in [0.3, 0.4) is 0 Å². The zero-order valence-electron chi connectivity index (χ0n) is 7.70. The molecule has 1 heterocycles. The first-order chi connectivity index (χ1) is 6.72. The summed E-state index contributed by atoms with van der Waals surface area (Å²) < 4.78 is 10.4. The average molecular weight is 260 g/mol. The van der Waals surface area contributed by atoms with Crippen LogP contribution in [0.5, 0.6) is 5.88 Å². The predicted octanol–water partition coefficient (Wildman–Crippen LogP) is 1.79. The lowest BCUT2D eigenvalue weighted by Gasteiger charge is -2.03. The number of carbonyl (C=O) groups excluding carboxylic acids is 1. The maximum Gasteiger partial charge on any atom is 0.308 e. The van der Waals surface area contributed by atoms with Crippen LogP contribution >= 0.6 is 15.9 Å². The van der Waals surface area contributed by atoms with Crippen molar-refractivity contribution >= 4 is 21.9 Å². The van der Waals surface area contributed by atoms with E-state index in [9.17, 15) is 4.79 Å². The number of rotatable bonds is 4. The minimum absolute atomic E-state index is 0.227. The summed E-state index contributed by atoms with van der Waals surface area (Å²) in [6, 6.07) is 5.33. The van der Waals surface area contributed by atoms with Crippen molar-refractivity contribution in [1.82, 2.24) is 4.98 Å². The number of esters is 1. The minimum Gasteiger partial charge on any atom is -0.477 e. The van der Waals surface area contributed by atoms with E-state index in [0.717, 1.165) is 0 Å². The summed E-state index contributed by atoms with van der Waals surface area (Å²) in [5.74, 6) is 0.197. The zero-order chi connectivity index (χ0) is 10.4. The van der Waals surface area contributed by atoms with Crippen LogP contribution < -0.4 is 4.74 Å². The van der Waals surface area contributed by atoms with Crippen LogP contribution in [-0.4, -0.2) is 24.7 Å². The van der Waals surface area contributed by atoms with Crippen LogP contribution in [0.1, 0.15) is 6.42 Å². The van der Waals surface area contributed by atoms with Crippen molar-refractivity contribution in [1.29, 1.82) is 0 Å². The first-order valence-corrected chi connectivity index (χ1v) is 4.84. The molecule has 0 spiro atoms. The van der Waals surface area contributed by atoms with Gasteiger partial charge in [0.2, 0.25) is 5.88 Å². The van der Waals surface area contributed by atoms with Gasteiger partial charge in [-0.25, -0.2) is 4.98 Å². The van der Waals surface area contributed by atoms with Crippen LogP contribution in [0, 0.1) is 0 Å². The number of ether oxygens (including phenoxy) is 2. The molecule has 14 heavy (non-hydrogen) atoms. The van der Waals surface area contributed by atoms with Gasteiger partial charge in [-0.2, -0.15) is 0 Å². The standard InChI is InChI=1S/C9H10BrNO3/c1-13-9(12)5-6-14-8-4-2-3-7(10)11-8/h2-4H,5-6H2,1H3. The van der Waals surface area contributed by atoms with Gasteiger partial charge in [0.15, 0.2) is 0 Å². The smallest absolute Gasteiger partial charge is 0.308 e. The lowest BCUT2D eigenvalue weighted by molar-refractivity contribution is -0.141. The molecular weight excluding hydrogens is 250 g/mol. The van der Waals surface area contributed by atoms with E-state index in [2.05, 4.69) is 25.7 Å². The molecule has 1 aromatic rings. The second kappa shape index (κ2) is 5.59. The maximum atomic E-state index is 10.7. The third kappa shape index (κ3) is 3.74. The Labute approximate surface area is 90.4 Å². The summed E-state index contributed by atoms with van der Waals surface area (Å²) in [6.07, 6.45) is 0.227. The van der Waals surface area contributed by atoms with Crippen LogP contribution in [0.4, 0.5) is 0 Å². The first-order valence-electron chi connectivity index (χ1n) is 4.04. The Morgan fingerprint density at radius 2 is 2.36 bits per heavy atom. The summed E-state index contributed by atoms with van der Waals surface area (Å²) in [7, 11) is 1.35. The van der Waals surface area contributed by atoms with E-state index >= 15 is 0 Å². The summed E-state index contributed by atoms with van der Waals surface area (Å²) in [4.78, 5) is 14.8. The molecule has 0 fully saturated rings. The monoisotopic (exact) mass is 259 g/mol. The SMILES string of the molecule is COC(=O)CCOc1cccc(Br)n1. The second-order valence-electron chi connectivity index (χ2n) is 2.47. The molecule has 76 valence electrons. The van der Waals surface area contributed by atoms with Gasteiger partial charge in [0, 0.05) is 6.07 Å². The van der Waals surface area contributed by atoms with E-state index in [-0.39, 0.29) is 19.0 Å². The largest absolute Gasteiger partial charge is 0.477 e. The van der Waals surface area contributed by atoms with Crippen LogP contribution in [0.15, 0.2) is 22.8 Å². The quantitative estimate of drug-likeness (QED) is 0.611. The number of hydrogen-bond acceptors (Lipinski definition) is 4. The van der Waals surface area contributed by atoms with Crippen molar-refractivity contribution in [3.63, 3.8) is 0 Å². The molecule has 0 amide bonds. The van der Waals surface area contributed by atoms with Gasteiger partial charge in [0.05, 0.1) is 13.5 Å². The number of nitrogens with zero attached hydrogens (tertiary/aromatic N) is 1. The predicted molar refractivity (Wildman–Crippen MR) is 54.1 cm³/mol. The van der Waals surface area contributed by atoms with Crippen molar-refractivity contribution in [2.75, 3.05) is 13.7 Å². The van der Waals surface area contributed by atoms with Gasteiger partial charge in [-0.1, -0.05) is 6.07 Å². The van der Waals surface area contributed by atoms with E-state index in [1.54, 1.807) is 12.1 Å². The molecule has 0 saturated carbocycles. The van der Waals surface area contributed by atoms with Gasteiger partial charge in [-0.15, -0.1) is 0 Å². The topological polar surface area (TPSA) is 48.4 Å². The minimum atomic E-state index is -0.292. The highest BCUT2D eigenvalue weighted by Gasteiger charge is 2.01. The molecule has 1 aromatic heterocycles. The molecule has 0 atom stereocenters. The average Bonchev–Trinajstić information content (AvgIpc) is 2.17. The van der Waals surface area contributed by atoms with E-state index in [0.29, 0.717) is 10.5 Å². The van der Waals surface area contributed by atoms with E-state index in [1.165, 1.54) is 7.11 Å². The van der Waals surface area contributed by atoms with Crippen LogP contribution in [-0.2, 0) is 9.53 Å². The fraction of sp³-hybridized carbons (Fsp3) is 0.333. The van der Waals surface area contributed by atoms with E-state index in [1.807, 2.05) is 6.07 Å². The Morgan fingerprint density at radius 3 is 3.00 bits per heavy atom. The highest BCUT2D eigenvalue weighted by atomic mass is 79.9. The van der Waals surface area contributed by atoms with Crippen LogP contribution in [0.2, 0.25) is 0 Å². The number of halogens is 1. The number of pyridine rings is 1. The molecule has 0 aliphatic carbocycles. The molecule has 0 unspecified atom stereocenters. The Bertz CT molecular complexity index is 317. The normalized spacial score (nSPS) is 9.57. The number of hydrogen-bond donors (Lipinski definition) is 0. The maximum absolute atomic E-state index is 10.7. The molecule has 0 radical (unpaired) electrons. The Morgan fingerprint density at radius 1 is 1.57 bits per heavy atom. The summed E-state index contributed by atoms with van der Waals surface area (Å²) >= 11 is 3.21. The molecule has 0 aromatic carbocycles. The molecule has 0 aliphatic heterocycles. The summed E-state index contributed by atoms with van der Waals surface area (Å²) in [5.41, 5.74) is 0. The van der Waals surface area contributed by atoms with Crippen molar-refractivity contribution < 1.29 is 14.3 Å². The van der Waals surface area contributed by atoms with Crippen molar-refractivity contribution in [3.05, 3.63) is 22.8 Å². The second-order valence-corrected chi connectivity index (χ2v) is 3.29. The fourth-order valence-corrected chi connectivity index (χ4v) is 1.14. The van der Waals surface area contributed by atoms with Gasteiger partial charge in [-0.3, -0.25) is 4.79 Å². The van der Waals surface area contributed by atoms with E-state index in [4.69, 9.17) is 4.74 Å². The molecule has 0 saturated heterocycles. The highest BCUT2D eigenvalue weighted by molar-refractivity contribution is 9.10. The summed E-state index contributed by atoms with van der Waals surface area (Å²) in [5, 5.41) is 0. The molecular formula is C9H10BrNO3. The van der Waals surface area contributed by atoms with Gasteiger partial charge < -0.3 is 9.47 Å². The third-order valence-electron chi connectivity index (χ3n) is 1.47. The Balaban J connectivity index is 2.35. The van der Waals surface area contributed by atoms with Gasteiger partial charge in [-0.05, 0) is 22.0 Å². The van der Waals surface area contributed by atoms with Crippen molar-refractivity contribution in [2.24, 2.45) is 0 Å². The molecule has 4 nitrogen and oxygen atoms in total. The fourth-order valence-electron chi connectivity index (χ4n) is 0.811. The van der Waals surface area contributed by atoms with Gasteiger partial charge >= 0.3 is 5.97 Å². The highest BCUT2D eigenvalue weighted by Crippen LogP contribution is 2.12. The van der Waals surface area contributed by atoms with Gasteiger partial charge in [0.25, 0.3) is 0 Å². The lowest BCUT2D eigenvalue weighted by atomic mass is 10.4. The molecule has 0 bridgehead atoms. The van der Waals surface area contributed by atoms with Crippen molar-refractivity contribution in [3.8, 4) is 5.88 Å². The Kier molecular flexibility index (Phi) is 4.39. The van der Waals surface area contributed by atoms with Crippen molar-refractivity contribution in [2.45, 2.75) is 6.42 Å². The molecule has 5 heteroatoms. The molecule has 0 aliphatic rings. The number of carbonyl (C=O) groups is 1. The number of methoxy groups -OCH3 is 1. The van der Waals surface area contributed by atoms with E-state index < -0.39 is 0 Å². The zero-order valence-corrected chi connectivity index (χ0v) is 9.28. The third-order valence-corrected chi connectivity index (χ3v) is 1.92.